The summed E-state index contributed by atoms with van der Waals surface area (Å²) in [6.07, 6.45) is 3.94. The zero-order chi connectivity index (χ0) is 13.2. The molecule has 0 saturated heterocycles. The molecule has 0 radical (unpaired) electrons. The zero-order valence-corrected chi connectivity index (χ0v) is 10.3. The number of H-pyrrole nitrogens is 1. The standard InChI is InChI=1S/C12H17N3O3/c1-8-13-9(7-10(16)14-8)15-12(11(17)18)5-3-2-4-6-12/h7H,2-6H2,1H3,(H,17,18)(H2,13,14,15,16). The number of nitrogens with zero attached hydrogens (tertiary/aromatic N) is 1. The number of hydrogen-bond acceptors (Lipinski definition) is 4. The molecule has 0 aromatic carbocycles. The van der Waals surface area contributed by atoms with Gasteiger partial charge in [-0.05, 0) is 19.8 Å². The van der Waals surface area contributed by atoms with E-state index in [0.717, 1.165) is 19.3 Å². The SMILES string of the molecule is Cc1nc(NC2(C(=O)O)CCCCC2)cc(=O)[nH]1. The summed E-state index contributed by atoms with van der Waals surface area (Å²) in [5.41, 5.74) is -1.26. The Hall–Kier alpha value is -1.85. The van der Waals surface area contributed by atoms with Gasteiger partial charge in [0.2, 0.25) is 0 Å². The van der Waals surface area contributed by atoms with Crippen molar-refractivity contribution in [2.45, 2.75) is 44.6 Å². The van der Waals surface area contributed by atoms with E-state index in [4.69, 9.17) is 0 Å². The molecule has 0 bridgehead atoms. The summed E-state index contributed by atoms with van der Waals surface area (Å²) in [7, 11) is 0. The first-order valence-corrected chi connectivity index (χ1v) is 6.11. The van der Waals surface area contributed by atoms with Crippen LogP contribution in [-0.4, -0.2) is 26.6 Å². The van der Waals surface area contributed by atoms with Crippen LogP contribution in [0.3, 0.4) is 0 Å². The van der Waals surface area contributed by atoms with Gasteiger partial charge in [-0.3, -0.25) is 4.79 Å². The molecule has 18 heavy (non-hydrogen) atoms. The number of aliphatic carboxylic acids is 1. The number of nitrogens with one attached hydrogen (secondary N) is 2. The van der Waals surface area contributed by atoms with Crippen molar-refractivity contribution in [3.8, 4) is 0 Å². The Balaban J connectivity index is 2.28. The quantitative estimate of drug-likeness (QED) is 0.752. The lowest BCUT2D eigenvalue weighted by molar-refractivity contribution is -0.143. The van der Waals surface area contributed by atoms with Crippen LogP contribution in [0.4, 0.5) is 5.82 Å². The van der Waals surface area contributed by atoms with Gasteiger partial charge in [0.1, 0.15) is 17.2 Å². The van der Waals surface area contributed by atoms with Crippen molar-refractivity contribution in [1.82, 2.24) is 9.97 Å². The molecule has 0 spiro atoms. The van der Waals surface area contributed by atoms with Crippen LogP contribution in [0.2, 0.25) is 0 Å². The number of hydrogen-bond donors (Lipinski definition) is 3. The van der Waals surface area contributed by atoms with Crippen LogP contribution >= 0.6 is 0 Å². The monoisotopic (exact) mass is 251 g/mol. The minimum atomic E-state index is -0.981. The first kappa shape index (κ1) is 12.6. The summed E-state index contributed by atoms with van der Waals surface area (Å²) in [4.78, 5) is 29.5. The molecule has 0 unspecified atom stereocenters. The maximum atomic E-state index is 11.5. The molecule has 1 heterocycles. The fraction of sp³-hybridized carbons (Fsp3) is 0.583. The van der Waals surface area contributed by atoms with E-state index in [2.05, 4.69) is 15.3 Å². The normalized spacial score (nSPS) is 18.3. The van der Waals surface area contributed by atoms with E-state index in [1.807, 2.05) is 0 Å². The highest BCUT2D eigenvalue weighted by Crippen LogP contribution is 2.31. The van der Waals surface area contributed by atoms with Crippen molar-refractivity contribution in [2.75, 3.05) is 5.32 Å². The third kappa shape index (κ3) is 2.52. The molecule has 0 atom stereocenters. The summed E-state index contributed by atoms with van der Waals surface area (Å²) >= 11 is 0. The predicted octanol–water partition coefficient (Wildman–Crippen LogP) is 1.28. The van der Waals surface area contributed by atoms with Crippen molar-refractivity contribution in [3.05, 3.63) is 22.2 Å². The number of aromatic nitrogens is 2. The van der Waals surface area contributed by atoms with Crippen molar-refractivity contribution < 1.29 is 9.90 Å². The average Bonchev–Trinajstić information content (AvgIpc) is 2.28. The molecular weight excluding hydrogens is 234 g/mol. The molecule has 1 aromatic rings. The van der Waals surface area contributed by atoms with Gasteiger partial charge in [-0.15, -0.1) is 0 Å². The van der Waals surface area contributed by atoms with Crippen LogP contribution in [0.1, 0.15) is 37.9 Å². The maximum Gasteiger partial charge on any atom is 0.329 e. The molecule has 6 heteroatoms. The minimum Gasteiger partial charge on any atom is -0.480 e. The smallest absolute Gasteiger partial charge is 0.329 e. The number of rotatable bonds is 3. The first-order valence-electron chi connectivity index (χ1n) is 6.11. The van der Waals surface area contributed by atoms with Gasteiger partial charge in [-0.2, -0.15) is 0 Å². The van der Waals surface area contributed by atoms with E-state index in [-0.39, 0.29) is 5.56 Å². The molecule has 1 aliphatic rings. The Morgan fingerprint density at radius 1 is 1.44 bits per heavy atom. The molecule has 0 amide bonds. The molecule has 1 saturated carbocycles. The van der Waals surface area contributed by atoms with Crippen molar-refractivity contribution >= 4 is 11.8 Å². The van der Waals surface area contributed by atoms with Crippen LogP contribution in [0.5, 0.6) is 0 Å². The molecule has 1 aromatic heterocycles. The average molecular weight is 251 g/mol. The topological polar surface area (TPSA) is 95.1 Å². The van der Waals surface area contributed by atoms with Crippen LogP contribution in [-0.2, 0) is 4.79 Å². The molecule has 6 nitrogen and oxygen atoms in total. The predicted molar refractivity (Wildman–Crippen MR) is 66.7 cm³/mol. The highest BCUT2D eigenvalue weighted by atomic mass is 16.4. The molecular formula is C12H17N3O3. The van der Waals surface area contributed by atoms with Gasteiger partial charge in [0.25, 0.3) is 5.56 Å². The van der Waals surface area contributed by atoms with Gasteiger partial charge in [0, 0.05) is 6.07 Å². The Morgan fingerprint density at radius 3 is 2.67 bits per heavy atom. The largest absolute Gasteiger partial charge is 0.480 e. The molecule has 0 aliphatic heterocycles. The lowest BCUT2D eigenvalue weighted by Gasteiger charge is -2.34. The Morgan fingerprint density at radius 2 is 2.11 bits per heavy atom. The fourth-order valence-electron chi connectivity index (χ4n) is 2.44. The molecule has 98 valence electrons. The minimum absolute atomic E-state index is 0.277. The second-order valence-electron chi connectivity index (χ2n) is 4.79. The second-order valence-corrected chi connectivity index (χ2v) is 4.79. The lowest BCUT2D eigenvalue weighted by Crippen LogP contribution is -2.48. The van der Waals surface area contributed by atoms with E-state index in [9.17, 15) is 14.7 Å². The molecule has 1 aliphatic carbocycles. The fourth-order valence-corrected chi connectivity index (χ4v) is 2.44. The summed E-state index contributed by atoms with van der Waals surface area (Å²) in [6.45, 7) is 1.67. The first-order chi connectivity index (χ1) is 8.52. The van der Waals surface area contributed by atoms with Crippen molar-refractivity contribution in [1.29, 1.82) is 0 Å². The summed E-state index contributed by atoms with van der Waals surface area (Å²) in [5.74, 6) is -0.0659. The van der Waals surface area contributed by atoms with Crippen LogP contribution in [0.15, 0.2) is 10.9 Å². The van der Waals surface area contributed by atoms with Crippen molar-refractivity contribution in [2.24, 2.45) is 0 Å². The summed E-state index contributed by atoms with van der Waals surface area (Å²) < 4.78 is 0. The van der Waals surface area contributed by atoms with Gasteiger partial charge in [0.05, 0.1) is 0 Å². The number of carboxylic acids is 1. The van der Waals surface area contributed by atoms with Crippen molar-refractivity contribution in [3.63, 3.8) is 0 Å². The van der Waals surface area contributed by atoms with Crippen LogP contribution in [0.25, 0.3) is 0 Å². The maximum absolute atomic E-state index is 11.5. The van der Waals surface area contributed by atoms with E-state index in [1.54, 1.807) is 6.92 Å². The molecule has 3 N–H and O–H groups in total. The number of aromatic amines is 1. The summed E-state index contributed by atoms with van der Waals surface area (Å²) in [5, 5.41) is 12.4. The van der Waals surface area contributed by atoms with E-state index in [1.165, 1.54) is 6.07 Å². The highest BCUT2D eigenvalue weighted by Gasteiger charge is 2.39. The van der Waals surface area contributed by atoms with Crippen LogP contribution < -0.4 is 10.9 Å². The third-order valence-corrected chi connectivity index (χ3v) is 3.34. The summed E-state index contributed by atoms with van der Waals surface area (Å²) in [6, 6.07) is 1.30. The van der Waals surface area contributed by atoms with Gasteiger partial charge < -0.3 is 15.4 Å². The third-order valence-electron chi connectivity index (χ3n) is 3.34. The Bertz CT molecular complexity index is 504. The highest BCUT2D eigenvalue weighted by molar-refractivity contribution is 5.82. The second kappa shape index (κ2) is 4.80. The number of anilines is 1. The molecule has 2 rings (SSSR count). The zero-order valence-electron chi connectivity index (χ0n) is 10.3. The van der Waals surface area contributed by atoms with Gasteiger partial charge in [-0.25, -0.2) is 9.78 Å². The van der Waals surface area contributed by atoms with Gasteiger partial charge in [-0.1, -0.05) is 19.3 Å². The lowest BCUT2D eigenvalue weighted by atomic mass is 9.81. The molecule has 1 fully saturated rings. The van der Waals surface area contributed by atoms with E-state index in [0.29, 0.717) is 24.5 Å². The van der Waals surface area contributed by atoms with Gasteiger partial charge in [0.15, 0.2) is 0 Å². The van der Waals surface area contributed by atoms with Crippen LogP contribution in [0, 0.1) is 6.92 Å². The number of carboxylic acid groups (broad SMARTS) is 1. The number of aryl methyl sites for hydroxylation is 1. The van der Waals surface area contributed by atoms with Gasteiger partial charge >= 0.3 is 5.97 Å². The Labute approximate surface area is 104 Å². The van der Waals surface area contributed by atoms with E-state index < -0.39 is 11.5 Å². The number of carbonyl (C=O) groups is 1. The van der Waals surface area contributed by atoms with E-state index >= 15 is 0 Å². The Kier molecular flexibility index (Phi) is 3.36.